The van der Waals surface area contributed by atoms with Crippen LogP contribution in [0.4, 0.5) is 0 Å². The van der Waals surface area contributed by atoms with Crippen LogP contribution < -0.4 is 0 Å². The maximum absolute atomic E-state index is 13.1. The Morgan fingerprint density at radius 3 is 0.694 bits per heavy atom. The van der Waals surface area contributed by atoms with Crippen LogP contribution in [0.3, 0.4) is 0 Å². The lowest BCUT2D eigenvalue weighted by molar-refractivity contribution is -0.161. The number of ether oxygens (including phenoxy) is 4. The summed E-state index contributed by atoms with van der Waals surface area (Å²) in [5.41, 5.74) is 0. The van der Waals surface area contributed by atoms with Gasteiger partial charge in [-0.3, -0.25) is 37.3 Å². The third-order valence-corrected chi connectivity index (χ3v) is 20.4. The average molecular weight is 1440 g/mol. The Kier molecular flexibility index (Phi) is 69.3. The zero-order valence-corrected chi connectivity index (χ0v) is 65.9. The number of aliphatic hydroxyl groups excluding tert-OH is 1. The highest BCUT2D eigenvalue weighted by molar-refractivity contribution is 7.47. The summed E-state index contributed by atoms with van der Waals surface area (Å²) in [6, 6.07) is 0. The first-order valence-corrected chi connectivity index (χ1v) is 44.0. The van der Waals surface area contributed by atoms with Gasteiger partial charge in [0.2, 0.25) is 0 Å². The van der Waals surface area contributed by atoms with Gasteiger partial charge in [0.15, 0.2) is 12.2 Å². The lowest BCUT2D eigenvalue weighted by Gasteiger charge is -2.21. The Bertz CT molecular complexity index is 1890. The van der Waals surface area contributed by atoms with Crippen LogP contribution in [0.15, 0.2) is 0 Å². The van der Waals surface area contributed by atoms with Crippen LogP contribution in [0.1, 0.15) is 414 Å². The first-order valence-electron chi connectivity index (χ1n) is 41.0. The van der Waals surface area contributed by atoms with Gasteiger partial charge in [0.1, 0.15) is 19.3 Å². The van der Waals surface area contributed by atoms with E-state index in [0.717, 1.165) is 102 Å². The van der Waals surface area contributed by atoms with Gasteiger partial charge < -0.3 is 33.8 Å². The Balaban J connectivity index is 5.18. The molecule has 0 saturated carbocycles. The minimum Gasteiger partial charge on any atom is -0.462 e. The van der Waals surface area contributed by atoms with Gasteiger partial charge >= 0.3 is 39.5 Å². The van der Waals surface area contributed by atoms with E-state index in [4.69, 9.17) is 37.0 Å². The summed E-state index contributed by atoms with van der Waals surface area (Å²) in [5.74, 6) is -0.622. The number of hydrogen-bond donors (Lipinski definition) is 3. The van der Waals surface area contributed by atoms with E-state index >= 15 is 0 Å². The van der Waals surface area contributed by atoms with Crippen LogP contribution in [-0.2, 0) is 65.4 Å². The quantitative estimate of drug-likeness (QED) is 0.0222. The number of aliphatic hydroxyl groups is 1. The van der Waals surface area contributed by atoms with Crippen molar-refractivity contribution in [1.82, 2.24) is 0 Å². The van der Waals surface area contributed by atoms with Gasteiger partial charge in [-0.05, 0) is 37.5 Å². The third-order valence-electron chi connectivity index (χ3n) is 18.5. The minimum absolute atomic E-state index is 0.106. The van der Waals surface area contributed by atoms with Crippen molar-refractivity contribution in [1.29, 1.82) is 0 Å². The molecular weight excluding hydrogens is 1280 g/mol. The Labute approximate surface area is 600 Å². The maximum atomic E-state index is 13.1. The molecule has 0 rings (SSSR count). The Hall–Kier alpha value is -1.94. The molecule has 0 aromatic carbocycles. The van der Waals surface area contributed by atoms with Crippen molar-refractivity contribution in [3.63, 3.8) is 0 Å². The molecule has 0 spiro atoms. The molecule has 0 aromatic heterocycles. The predicted octanol–water partition coefficient (Wildman–Crippen LogP) is 23.5. The van der Waals surface area contributed by atoms with Crippen LogP contribution in [0.5, 0.6) is 0 Å². The van der Waals surface area contributed by atoms with Gasteiger partial charge in [-0.15, -0.1) is 0 Å². The van der Waals surface area contributed by atoms with E-state index in [1.54, 1.807) is 0 Å². The number of phosphoric acid groups is 2. The van der Waals surface area contributed by atoms with E-state index in [9.17, 15) is 43.2 Å². The molecule has 0 aliphatic rings. The monoisotopic (exact) mass is 1440 g/mol. The number of hydrogen-bond acceptors (Lipinski definition) is 15. The molecule has 0 heterocycles. The van der Waals surface area contributed by atoms with Crippen molar-refractivity contribution in [3.8, 4) is 0 Å². The first-order chi connectivity index (χ1) is 47.4. The van der Waals surface area contributed by atoms with Gasteiger partial charge in [0.25, 0.3) is 0 Å². The molecular formula is C79H154O17P2. The van der Waals surface area contributed by atoms with Crippen LogP contribution in [0.25, 0.3) is 0 Å². The van der Waals surface area contributed by atoms with E-state index in [1.807, 2.05) is 0 Å². The lowest BCUT2D eigenvalue weighted by Crippen LogP contribution is -2.30. The summed E-state index contributed by atoms with van der Waals surface area (Å²) >= 11 is 0. The number of rotatable bonds is 78. The summed E-state index contributed by atoms with van der Waals surface area (Å²) in [6.45, 7) is 9.55. The second-order valence-corrected chi connectivity index (χ2v) is 32.3. The molecule has 17 nitrogen and oxygen atoms in total. The summed E-state index contributed by atoms with van der Waals surface area (Å²) in [6.07, 6.45) is 60.0. The molecule has 582 valence electrons. The second-order valence-electron chi connectivity index (χ2n) is 29.4. The highest BCUT2D eigenvalue weighted by Crippen LogP contribution is 2.45. The van der Waals surface area contributed by atoms with Crippen molar-refractivity contribution in [2.45, 2.75) is 432 Å². The molecule has 0 saturated heterocycles. The number of phosphoric ester groups is 2. The van der Waals surface area contributed by atoms with Gasteiger partial charge in [-0.25, -0.2) is 9.13 Å². The molecule has 3 N–H and O–H groups in total. The van der Waals surface area contributed by atoms with Crippen molar-refractivity contribution in [3.05, 3.63) is 0 Å². The largest absolute Gasteiger partial charge is 0.472 e. The van der Waals surface area contributed by atoms with Crippen LogP contribution in [0, 0.1) is 11.8 Å². The molecule has 0 bridgehead atoms. The van der Waals surface area contributed by atoms with E-state index in [-0.39, 0.29) is 25.7 Å². The first kappa shape index (κ1) is 96.1. The Morgan fingerprint density at radius 1 is 0.276 bits per heavy atom. The number of esters is 4. The van der Waals surface area contributed by atoms with E-state index in [1.165, 1.54) is 225 Å². The van der Waals surface area contributed by atoms with Gasteiger partial charge in [0.05, 0.1) is 26.4 Å². The van der Waals surface area contributed by atoms with Gasteiger partial charge in [0, 0.05) is 25.7 Å². The lowest BCUT2D eigenvalue weighted by atomic mass is 10.0. The van der Waals surface area contributed by atoms with E-state index < -0.39 is 97.5 Å². The van der Waals surface area contributed by atoms with Crippen LogP contribution >= 0.6 is 15.6 Å². The average Bonchev–Trinajstić information content (AvgIpc) is 1.10. The van der Waals surface area contributed by atoms with Crippen molar-refractivity contribution >= 4 is 39.5 Å². The van der Waals surface area contributed by atoms with Crippen molar-refractivity contribution < 1.29 is 80.2 Å². The van der Waals surface area contributed by atoms with Crippen LogP contribution in [-0.4, -0.2) is 96.7 Å². The number of carbonyl (C=O) groups excluding carboxylic acids is 4. The molecule has 19 heteroatoms. The highest BCUT2D eigenvalue weighted by Gasteiger charge is 2.30. The zero-order chi connectivity index (χ0) is 72.1. The molecule has 0 aromatic rings. The van der Waals surface area contributed by atoms with Crippen molar-refractivity contribution in [2.24, 2.45) is 11.8 Å². The summed E-state index contributed by atoms with van der Waals surface area (Å²) in [5, 5.41) is 10.6. The number of carbonyl (C=O) groups is 4. The fraction of sp³-hybridized carbons (Fsp3) is 0.949. The molecule has 0 amide bonds. The summed E-state index contributed by atoms with van der Waals surface area (Å²) in [7, 11) is -9.91. The molecule has 0 aliphatic carbocycles. The van der Waals surface area contributed by atoms with E-state index in [2.05, 4.69) is 41.5 Å². The number of unbranched alkanes of at least 4 members (excludes halogenated alkanes) is 48. The molecule has 0 radical (unpaired) electrons. The van der Waals surface area contributed by atoms with Gasteiger partial charge in [-0.1, -0.05) is 363 Å². The minimum atomic E-state index is -4.96. The highest BCUT2D eigenvalue weighted by atomic mass is 31.2. The van der Waals surface area contributed by atoms with Gasteiger partial charge in [-0.2, -0.15) is 0 Å². The zero-order valence-electron chi connectivity index (χ0n) is 64.1. The van der Waals surface area contributed by atoms with E-state index in [0.29, 0.717) is 31.6 Å². The van der Waals surface area contributed by atoms with Crippen LogP contribution in [0.2, 0.25) is 0 Å². The fourth-order valence-corrected chi connectivity index (χ4v) is 13.8. The normalized spacial score (nSPS) is 13.9. The third kappa shape index (κ3) is 72.4. The molecule has 98 heavy (non-hydrogen) atoms. The smallest absolute Gasteiger partial charge is 0.462 e. The Morgan fingerprint density at radius 2 is 0.469 bits per heavy atom. The standard InChI is InChI=1S/C79H154O17P2/c1-7-9-11-13-15-17-19-20-21-22-23-24-25-30-33-36-40-44-52-58-64-79(84)95-74(67-89-76(81)61-55-49-42-39-35-32-29-27-26-28-31-34-37-41-47-53-59-71(3)4)69-93-97(85,86)91-65-73(80)66-92-98(87,88)94-70-75(68-90-77(82)62-56-50-46-45-48-54-60-72(5)6)96-78(83)63-57-51-43-38-18-16-14-12-10-8-2/h71-75,80H,7-70H2,1-6H3,(H,85,86)(H,87,88)/t73-,74-,75-/m1/s1. The molecule has 0 aliphatic heterocycles. The molecule has 2 unspecified atom stereocenters. The summed E-state index contributed by atoms with van der Waals surface area (Å²) in [4.78, 5) is 72.8. The van der Waals surface area contributed by atoms with Crippen molar-refractivity contribution in [2.75, 3.05) is 39.6 Å². The predicted molar refractivity (Wildman–Crippen MR) is 400 cm³/mol. The topological polar surface area (TPSA) is 237 Å². The fourth-order valence-electron chi connectivity index (χ4n) is 12.2. The maximum Gasteiger partial charge on any atom is 0.472 e. The molecule has 0 fully saturated rings. The SMILES string of the molecule is CCCCCCCCCCCCCCCCCCCCCCC(=O)O[C@H](COC(=O)CCCCCCCCCCCCCCCCCCC(C)C)COP(=O)(O)OC[C@@H](O)COP(=O)(O)OC[C@@H](COC(=O)CCCCCCCCC(C)C)OC(=O)CCCCCCCCCCCC. The second kappa shape index (κ2) is 70.7. The molecule has 5 atom stereocenters. The summed E-state index contributed by atoms with van der Waals surface area (Å²) < 4.78 is 68.5.